The van der Waals surface area contributed by atoms with Crippen LogP contribution in [-0.4, -0.2) is 26.0 Å². The predicted octanol–water partition coefficient (Wildman–Crippen LogP) is 1.72. The summed E-state index contributed by atoms with van der Waals surface area (Å²) in [6.07, 6.45) is 0. The van der Waals surface area contributed by atoms with Crippen LogP contribution >= 0.6 is 27.3 Å². The molecule has 0 saturated heterocycles. The van der Waals surface area contributed by atoms with Crippen molar-refractivity contribution in [2.75, 3.05) is 14.1 Å². The van der Waals surface area contributed by atoms with Gasteiger partial charge < -0.3 is 10.2 Å². The summed E-state index contributed by atoms with van der Waals surface area (Å²) >= 11 is 5.10. The van der Waals surface area contributed by atoms with Gasteiger partial charge in [0.2, 0.25) is 0 Å². The van der Waals surface area contributed by atoms with Gasteiger partial charge in [-0.05, 0) is 28.1 Å². The molecule has 1 unspecified atom stereocenters. The third-order valence-corrected chi connectivity index (χ3v) is 5.06. The Kier molecular flexibility index (Phi) is 6.32. The molecule has 1 heterocycles. The van der Waals surface area contributed by atoms with Gasteiger partial charge in [0.05, 0.1) is 15.7 Å². The smallest absolute Gasteiger partial charge is 0.321 e. The van der Waals surface area contributed by atoms with E-state index >= 15 is 0 Å². The lowest BCUT2D eigenvalue weighted by molar-refractivity contribution is -0.915. The van der Waals surface area contributed by atoms with Crippen molar-refractivity contribution in [1.29, 1.82) is 0 Å². The van der Waals surface area contributed by atoms with Crippen LogP contribution in [-0.2, 0) is 11.3 Å². The Morgan fingerprint density at radius 2 is 1.91 bits per heavy atom. The molecule has 5 nitrogen and oxygen atoms in total. The summed E-state index contributed by atoms with van der Waals surface area (Å²) in [7, 11) is 3.44. The number of nitrogens with one attached hydrogen (secondary N) is 3. The second-order valence-electron chi connectivity index (χ2n) is 5.14. The molecule has 1 aromatic heterocycles. The number of halogens is 1. The molecule has 0 aliphatic carbocycles. The van der Waals surface area contributed by atoms with Crippen LogP contribution in [0.25, 0.3) is 0 Å². The largest absolute Gasteiger partial charge is 0.341 e. The van der Waals surface area contributed by atoms with Crippen molar-refractivity contribution in [2.24, 2.45) is 0 Å². The van der Waals surface area contributed by atoms with Crippen LogP contribution in [0.5, 0.6) is 0 Å². The number of carbonyl (C=O) groups excluding carboxylic acids is 2. The molecule has 1 aromatic carbocycles. The standard InChI is InChI=1S/C16H18BrN3O2S/c1-18-16(22)19-15(21)14(11-6-4-3-5-7-11)20(2)10-12-8-9-13(17)23-12/h3-9,14H,10H2,1-2H3,(H2,18,19,21,22)/p+1/t14-/m0/s1. The highest BCUT2D eigenvalue weighted by atomic mass is 79.9. The molecule has 3 N–H and O–H groups in total. The molecule has 2 atom stereocenters. The van der Waals surface area contributed by atoms with Crippen molar-refractivity contribution in [3.63, 3.8) is 0 Å². The average Bonchev–Trinajstić information content (AvgIpc) is 2.93. The summed E-state index contributed by atoms with van der Waals surface area (Å²) in [4.78, 5) is 26.2. The van der Waals surface area contributed by atoms with E-state index in [0.29, 0.717) is 6.54 Å². The van der Waals surface area contributed by atoms with E-state index < -0.39 is 12.1 Å². The summed E-state index contributed by atoms with van der Waals surface area (Å²) in [5.41, 5.74) is 0.877. The first-order valence-electron chi connectivity index (χ1n) is 7.15. The third kappa shape index (κ3) is 4.89. The highest BCUT2D eigenvalue weighted by Crippen LogP contribution is 2.21. The Morgan fingerprint density at radius 3 is 2.48 bits per heavy atom. The fourth-order valence-corrected chi connectivity index (χ4v) is 3.95. The number of imide groups is 1. The van der Waals surface area contributed by atoms with E-state index in [0.717, 1.165) is 14.2 Å². The molecule has 2 aromatic rings. The summed E-state index contributed by atoms with van der Waals surface area (Å²) in [5.74, 6) is -0.316. The molecule has 23 heavy (non-hydrogen) atoms. The first-order chi connectivity index (χ1) is 11.0. The molecule has 0 aliphatic rings. The van der Waals surface area contributed by atoms with Crippen LogP contribution in [0.2, 0.25) is 0 Å². The van der Waals surface area contributed by atoms with E-state index in [1.807, 2.05) is 49.5 Å². The van der Waals surface area contributed by atoms with E-state index in [9.17, 15) is 9.59 Å². The maximum Gasteiger partial charge on any atom is 0.321 e. The lowest BCUT2D eigenvalue weighted by atomic mass is 10.0. The van der Waals surface area contributed by atoms with Gasteiger partial charge in [-0.25, -0.2) is 4.79 Å². The SMILES string of the molecule is CNC(=O)NC(=O)[C@H](c1ccccc1)[NH+](C)Cc1ccc(Br)s1. The van der Waals surface area contributed by atoms with Crippen molar-refractivity contribution in [3.8, 4) is 0 Å². The van der Waals surface area contributed by atoms with Gasteiger partial charge in [0.1, 0.15) is 6.54 Å². The maximum absolute atomic E-state index is 12.6. The summed E-state index contributed by atoms with van der Waals surface area (Å²) < 4.78 is 1.06. The molecular weight excluding hydrogens is 378 g/mol. The molecule has 0 aliphatic heterocycles. The summed E-state index contributed by atoms with van der Waals surface area (Å²) in [5, 5.41) is 4.79. The average molecular weight is 397 g/mol. The number of hydrogen-bond donors (Lipinski definition) is 3. The fourth-order valence-electron chi connectivity index (χ4n) is 2.38. The monoisotopic (exact) mass is 396 g/mol. The van der Waals surface area contributed by atoms with Gasteiger partial charge in [0.15, 0.2) is 6.04 Å². The predicted molar refractivity (Wildman–Crippen MR) is 94.4 cm³/mol. The molecule has 0 fully saturated rings. The number of benzene rings is 1. The molecule has 7 heteroatoms. The van der Waals surface area contributed by atoms with Crippen molar-refractivity contribution in [1.82, 2.24) is 10.6 Å². The molecule has 0 bridgehead atoms. The third-order valence-electron chi connectivity index (χ3n) is 3.43. The van der Waals surface area contributed by atoms with Crippen molar-refractivity contribution in [2.45, 2.75) is 12.6 Å². The van der Waals surface area contributed by atoms with Gasteiger partial charge in [-0.1, -0.05) is 30.3 Å². The van der Waals surface area contributed by atoms with Gasteiger partial charge in [-0.3, -0.25) is 10.1 Å². The van der Waals surface area contributed by atoms with E-state index in [4.69, 9.17) is 0 Å². The van der Waals surface area contributed by atoms with E-state index in [1.165, 1.54) is 11.9 Å². The van der Waals surface area contributed by atoms with Gasteiger partial charge in [0, 0.05) is 12.6 Å². The molecule has 3 amide bonds. The summed E-state index contributed by atoms with van der Waals surface area (Å²) in [6.45, 7) is 0.691. The van der Waals surface area contributed by atoms with Crippen LogP contribution < -0.4 is 15.5 Å². The van der Waals surface area contributed by atoms with Crippen molar-refractivity contribution in [3.05, 3.63) is 56.7 Å². The zero-order valence-corrected chi connectivity index (χ0v) is 15.3. The van der Waals surface area contributed by atoms with Gasteiger partial charge in [-0.2, -0.15) is 0 Å². The number of quaternary nitrogens is 1. The second kappa shape index (κ2) is 8.24. The minimum Gasteiger partial charge on any atom is -0.341 e. The highest BCUT2D eigenvalue weighted by molar-refractivity contribution is 9.11. The maximum atomic E-state index is 12.6. The van der Waals surface area contributed by atoms with E-state index in [1.54, 1.807) is 11.3 Å². The first kappa shape index (κ1) is 17.7. The minimum atomic E-state index is -0.498. The Hall–Kier alpha value is -1.70. The summed E-state index contributed by atoms with van der Waals surface area (Å²) in [6, 6.07) is 12.6. The molecule has 2 rings (SSSR count). The number of hydrogen-bond acceptors (Lipinski definition) is 3. The van der Waals surface area contributed by atoms with E-state index in [-0.39, 0.29) is 5.91 Å². The molecule has 0 spiro atoms. The number of amides is 3. The quantitative estimate of drug-likeness (QED) is 0.720. The number of rotatable bonds is 5. The van der Waals surface area contributed by atoms with Gasteiger partial charge in [-0.15, -0.1) is 11.3 Å². The Bertz CT molecular complexity index is 675. The first-order valence-corrected chi connectivity index (χ1v) is 8.76. The van der Waals surface area contributed by atoms with Crippen molar-refractivity contribution >= 4 is 39.2 Å². The van der Waals surface area contributed by atoms with Crippen LogP contribution in [0, 0.1) is 0 Å². The lowest BCUT2D eigenvalue weighted by Crippen LogP contribution is -3.09. The van der Waals surface area contributed by atoms with E-state index in [2.05, 4.69) is 26.6 Å². The molecular formula is C16H19BrN3O2S+. The van der Waals surface area contributed by atoms with Crippen LogP contribution in [0.3, 0.4) is 0 Å². The second-order valence-corrected chi connectivity index (χ2v) is 7.69. The molecule has 0 saturated carbocycles. The molecule has 122 valence electrons. The number of urea groups is 1. The van der Waals surface area contributed by atoms with Crippen molar-refractivity contribution < 1.29 is 14.5 Å². The Morgan fingerprint density at radius 1 is 1.22 bits per heavy atom. The molecule has 0 radical (unpaired) electrons. The number of thiophene rings is 1. The highest BCUT2D eigenvalue weighted by Gasteiger charge is 2.30. The van der Waals surface area contributed by atoms with Crippen LogP contribution in [0.4, 0.5) is 4.79 Å². The zero-order valence-electron chi connectivity index (χ0n) is 12.9. The van der Waals surface area contributed by atoms with Crippen LogP contribution in [0.1, 0.15) is 16.5 Å². The minimum absolute atomic E-state index is 0.316. The Labute approximate surface area is 147 Å². The normalized spacial score (nSPS) is 13.2. The fraction of sp³-hybridized carbons (Fsp3) is 0.250. The lowest BCUT2D eigenvalue weighted by Gasteiger charge is -2.23. The van der Waals surface area contributed by atoms with Gasteiger partial charge >= 0.3 is 6.03 Å². The van der Waals surface area contributed by atoms with Gasteiger partial charge in [0.25, 0.3) is 5.91 Å². The number of likely N-dealkylation sites (N-methyl/N-ethyl adjacent to an activating group) is 1. The number of carbonyl (C=O) groups is 2. The topological polar surface area (TPSA) is 62.6 Å². The Balaban J connectivity index is 2.22. The zero-order chi connectivity index (χ0) is 16.8. The van der Waals surface area contributed by atoms with Crippen LogP contribution in [0.15, 0.2) is 46.3 Å².